The molecule has 0 saturated heterocycles. The van der Waals surface area contributed by atoms with E-state index in [0.717, 1.165) is 28.9 Å². The van der Waals surface area contributed by atoms with E-state index in [-0.39, 0.29) is 0 Å². The molecule has 2 aliphatic heterocycles. The van der Waals surface area contributed by atoms with Crippen LogP contribution in [0.1, 0.15) is 6.42 Å². The lowest BCUT2D eigenvalue weighted by atomic mass is 9.81. The lowest BCUT2D eigenvalue weighted by molar-refractivity contribution is 0.392. The molecule has 2 heteroatoms. The molecule has 0 spiro atoms. The van der Waals surface area contributed by atoms with Crippen LogP contribution in [0.5, 0.6) is 0 Å². The molecule has 2 heterocycles. The van der Waals surface area contributed by atoms with E-state index in [1.54, 1.807) is 4.91 Å². The summed E-state index contributed by atoms with van der Waals surface area (Å²) in [6.45, 7) is 0. The van der Waals surface area contributed by atoms with Crippen molar-refractivity contribution in [2.75, 3.05) is 0 Å². The number of allylic oxidation sites excluding steroid dienone is 4. The summed E-state index contributed by atoms with van der Waals surface area (Å²) in [6, 6.07) is 0. The Morgan fingerprint density at radius 2 is 2.07 bits per heavy atom. The van der Waals surface area contributed by atoms with Gasteiger partial charge in [0.2, 0.25) is 0 Å². The minimum absolute atomic E-state index is 0.770. The Morgan fingerprint density at radius 3 is 3.07 bits per heavy atom. The zero-order valence-electron chi connectivity index (χ0n) is 7.80. The van der Waals surface area contributed by atoms with E-state index in [1.807, 2.05) is 11.8 Å². The summed E-state index contributed by atoms with van der Waals surface area (Å²) in [7, 11) is 0. The fraction of sp³-hybridized carbons (Fsp3) is 0.500. The maximum absolute atomic E-state index is 2.48. The first-order valence-corrected chi connectivity index (χ1v) is 7.13. The summed E-state index contributed by atoms with van der Waals surface area (Å²) >= 11 is 4.04. The molecule has 0 amide bonds. The van der Waals surface area contributed by atoms with E-state index in [9.17, 15) is 0 Å². The van der Waals surface area contributed by atoms with Gasteiger partial charge in [-0.15, -0.1) is 23.5 Å². The second-order valence-electron chi connectivity index (χ2n) is 4.62. The number of rotatable bonds is 0. The summed E-state index contributed by atoms with van der Waals surface area (Å²) in [5, 5.41) is 5.60. The quantitative estimate of drug-likeness (QED) is 0.572. The Hall–Kier alpha value is -0.0800. The van der Waals surface area contributed by atoms with Crippen LogP contribution in [-0.4, -0.2) is 5.25 Å². The van der Waals surface area contributed by atoms with Gasteiger partial charge in [0, 0.05) is 16.1 Å². The standard InChI is InChI=1S/C12H12S2/c1-2-8-5-7(1)11-9-3-4-13-10(9)6-14-12(8)11/h1-4,6-9,11-12H,5H2/t7?,8?,9?,11-,12-/m1/s1. The van der Waals surface area contributed by atoms with Gasteiger partial charge in [-0.2, -0.15) is 0 Å². The normalized spacial score (nSPS) is 52.0. The molecule has 4 aliphatic rings. The van der Waals surface area contributed by atoms with Crippen LogP contribution in [-0.2, 0) is 0 Å². The van der Waals surface area contributed by atoms with Crippen molar-refractivity contribution in [1.82, 2.24) is 0 Å². The molecule has 0 radical (unpaired) electrons. The molecule has 0 nitrogen and oxygen atoms in total. The average Bonchev–Trinajstić information content (AvgIpc) is 2.92. The Kier molecular flexibility index (Phi) is 1.58. The van der Waals surface area contributed by atoms with Crippen molar-refractivity contribution in [3.8, 4) is 0 Å². The van der Waals surface area contributed by atoms with E-state index in [4.69, 9.17) is 0 Å². The summed E-state index contributed by atoms with van der Waals surface area (Å²) in [4.78, 5) is 1.61. The van der Waals surface area contributed by atoms with Crippen molar-refractivity contribution in [1.29, 1.82) is 0 Å². The molecular formula is C12H12S2. The Bertz CT molecular complexity index is 367. The third kappa shape index (κ3) is 0.892. The van der Waals surface area contributed by atoms with E-state index < -0.39 is 0 Å². The molecule has 14 heavy (non-hydrogen) atoms. The summed E-state index contributed by atoms with van der Waals surface area (Å²) in [5.41, 5.74) is 0. The van der Waals surface area contributed by atoms with Gasteiger partial charge in [0.05, 0.1) is 0 Å². The highest BCUT2D eigenvalue weighted by Gasteiger charge is 2.50. The maximum atomic E-state index is 2.48. The monoisotopic (exact) mass is 220 g/mol. The number of fused-ring (bicyclic) bond motifs is 7. The van der Waals surface area contributed by atoms with Crippen molar-refractivity contribution in [3.63, 3.8) is 0 Å². The lowest BCUT2D eigenvalue weighted by Crippen LogP contribution is -2.30. The highest BCUT2D eigenvalue weighted by atomic mass is 32.2. The fourth-order valence-corrected chi connectivity index (χ4v) is 6.01. The van der Waals surface area contributed by atoms with Gasteiger partial charge in [0.25, 0.3) is 0 Å². The van der Waals surface area contributed by atoms with Gasteiger partial charge in [0.1, 0.15) is 0 Å². The predicted octanol–water partition coefficient (Wildman–Crippen LogP) is 3.64. The lowest BCUT2D eigenvalue weighted by Gasteiger charge is -2.35. The minimum atomic E-state index is 0.770. The number of hydrogen-bond acceptors (Lipinski definition) is 2. The Balaban J connectivity index is 1.79. The summed E-state index contributed by atoms with van der Waals surface area (Å²) in [6.07, 6.45) is 8.80. The van der Waals surface area contributed by atoms with Crippen LogP contribution in [0.15, 0.2) is 33.9 Å². The molecule has 0 aromatic rings. The van der Waals surface area contributed by atoms with Crippen molar-refractivity contribution < 1.29 is 0 Å². The van der Waals surface area contributed by atoms with Crippen LogP contribution in [0.2, 0.25) is 0 Å². The van der Waals surface area contributed by atoms with Gasteiger partial charge in [-0.25, -0.2) is 0 Å². The third-order valence-electron chi connectivity index (χ3n) is 4.02. The molecule has 0 aromatic heterocycles. The van der Waals surface area contributed by atoms with Crippen molar-refractivity contribution >= 4 is 23.5 Å². The molecule has 0 N–H and O–H groups in total. The van der Waals surface area contributed by atoms with Crippen LogP contribution >= 0.6 is 23.5 Å². The molecular weight excluding hydrogens is 208 g/mol. The van der Waals surface area contributed by atoms with Crippen molar-refractivity contribution in [3.05, 3.63) is 33.9 Å². The largest absolute Gasteiger partial charge is 0.129 e. The first kappa shape index (κ1) is 8.12. The Morgan fingerprint density at radius 1 is 1.14 bits per heavy atom. The van der Waals surface area contributed by atoms with Crippen LogP contribution in [0.3, 0.4) is 0 Å². The summed E-state index contributed by atoms with van der Waals surface area (Å²) in [5.74, 6) is 3.45. The molecule has 5 atom stereocenters. The van der Waals surface area contributed by atoms with E-state index in [2.05, 4.69) is 40.8 Å². The van der Waals surface area contributed by atoms with Crippen LogP contribution in [0.25, 0.3) is 0 Å². The molecule has 1 saturated carbocycles. The van der Waals surface area contributed by atoms with Gasteiger partial charge in [-0.05, 0) is 35.0 Å². The highest BCUT2D eigenvalue weighted by molar-refractivity contribution is 8.08. The van der Waals surface area contributed by atoms with Gasteiger partial charge in [-0.3, -0.25) is 0 Å². The first-order valence-electron chi connectivity index (χ1n) is 5.31. The highest BCUT2D eigenvalue weighted by Crippen LogP contribution is 2.59. The summed E-state index contributed by atoms with van der Waals surface area (Å²) < 4.78 is 0. The topological polar surface area (TPSA) is 0 Å². The average molecular weight is 220 g/mol. The number of hydrogen-bond donors (Lipinski definition) is 0. The molecule has 72 valence electrons. The minimum Gasteiger partial charge on any atom is -0.129 e. The van der Waals surface area contributed by atoms with E-state index in [0.29, 0.717) is 0 Å². The Labute approximate surface area is 92.9 Å². The van der Waals surface area contributed by atoms with Gasteiger partial charge in [-0.1, -0.05) is 18.2 Å². The second-order valence-corrected chi connectivity index (χ2v) is 6.65. The SMILES string of the molecule is C1=CC2C(=CS[C@@H]3C4C=CC(C4)[C@H]23)S1. The molecule has 0 aromatic carbocycles. The zero-order chi connectivity index (χ0) is 9.12. The maximum Gasteiger partial charge on any atom is 0.0195 e. The van der Waals surface area contributed by atoms with E-state index in [1.165, 1.54) is 6.42 Å². The second kappa shape index (κ2) is 2.73. The van der Waals surface area contributed by atoms with Gasteiger partial charge < -0.3 is 0 Å². The zero-order valence-corrected chi connectivity index (χ0v) is 9.43. The van der Waals surface area contributed by atoms with Crippen molar-refractivity contribution in [2.45, 2.75) is 11.7 Å². The van der Waals surface area contributed by atoms with Crippen molar-refractivity contribution in [2.24, 2.45) is 23.7 Å². The number of thioether (sulfide) groups is 2. The van der Waals surface area contributed by atoms with Crippen LogP contribution in [0, 0.1) is 23.7 Å². The molecule has 3 unspecified atom stereocenters. The predicted molar refractivity (Wildman–Crippen MR) is 63.9 cm³/mol. The van der Waals surface area contributed by atoms with E-state index >= 15 is 0 Å². The van der Waals surface area contributed by atoms with Crippen LogP contribution in [0.4, 0.5) is 0 Å². The smallest absolute Gasteiger partial charge is 0.0195 e. The molecule has 1 fully saturated rings. The first-order chi connectivity index (χ1) is 6.93. The fourth-order valence-electron chi connectivity index (χ4n) is 3.42. The van der Waals surface area contributed by atoms with Gasteiger partial charge >= 0.3 is 0 Å². The molecule has 2 aliphatic carbocycles. The third-order valence-corrected chi connectivity index (χ3v) is 6.49. The van der Waals surface area contributed by atoms with Gasteiger partial charge in [0.15, 0.2) is 0 Å². The molecule has 2 bridgehead atoms. The molecule has 4 rings (SSSR count). The van der Waals surface area contributed by atoms with Crippen LogP contribution < -0.4 is 0 Å².